The highest BCUT2D eigenvalue weighted by Gasteiger charge is 2.27. The number of nitrogen functional groups attached to an aromatic ring is 1. The first-order valence-electron chi connectivity index (χ1n) is 5.87. The molecule has 0 bridgehead atoms. The summed E-state index contributed by atoms with van der Waals surface area (Å²) in [6.07, 6.45) is 2.48. The van der Waals surface area contributed by atoms with E-state index in [1.54, 1.807) is 6.07 Å². The number of aromatic nitrogens is 2. The molecule has 0 saturated heterocycles. The number of ether oxygens (including phenoxy) is 1. The van der Waals surface area contributed by atoms with E-state index < -0.39 is 0 Å². The zero-order valence-corrected chi connectivity index (χ0v) is 10.1. The molecule has 0 amide bonds. The van der Waals surface area contributed by atoms with E-state index in [9.17, 15) is 0 Å². The highest BCUT2D eigenvalue weighted by Crippen LogP contribution is 2.38. The maximum Gasteiger partial charge on any atom is 0.219 e. The Labute approximate surface area is 96.2 Å². The molecular weight excluding hydrogens is 202 g/mol. The Balaban J connectivity index is 2.13. The van der Waals surface area contributed by atoms with E-state index in [1.165, 1.54) is 12.8 Å². The lowest BCUT2D eigenvalue weighted by Gasteiger charge is -2.17. The van der Waals surface area contributed by atoms with Crippen LogP contribution in [-0.2, 0) is 0 Å². The maximum atomic E-state index is 5.75. The molecule has 1 unspecified atom stereocenters. The smallest absolute Gasteiger partial charge is 0.219 e. The minimum atomic E-state index is 0.140. The van der Waals surface area contributed by atoms with E-state index in [4.69, 9.17) is 10.5 Å². The van der Waals surface area contributed by atoms with Crippen molar-refractivity contribution in [2.45, 2.75) is 45.6 Å². The van der Waals surface area contributed by atoms with Crippen LogP contribution < -0.4 is 10.5 Å². The molecule has 0 spiro atoms. The monoisotopic (exact) mass is 221 g/mol. The van der Waals surface area contributed by atoms with Crippen molar-refractivity contribution in [3.05, 3.63) is 11.9 Å². The number of anilines is 1. The molecule has 1 heterocycles. The molecule has 88 valence electrons. The Kier molecular flexibility index (Phi) is 2.99. The molecule has 2 N–H and O–H groups in total. The number of nitrogens with two attached hydrogens (primary N) is 1. The van der Waals surface area contributed by atoms with Gasteiger partial charge in [-0.25, -0.2) is 4.98 Å². The van der Waals surface area contributed by atoms with E-state index in [-0.39, 0.29) is 6.10 Å². The maximum absolute atomic E-state index is 5.75. The van der Waals surface area contributed by atoms with E-state index in [2.05, 4.69) is 23.8 Å². The van der Waals surface area contributed by atoms with Crippen LogP contribution in [0.4, 0.5) is 5.82 Å². The Morgan fingerprint density at radius 1 is 1.31 bits per heavy atom. The number of hydrogen-bond donors (Lipinski definition) is 1. The lowest BCUT2D eigenvalue weighted by Crippen LogP contribution is -2.19. The first-order valence-corrected chi connectivity index (χ1v) is 5.87. The average Bonchev–Trinajstić information content (AvgIpc) is 2.99. The summed E-state index contributed by atoms with van der Waals surface area (Å²) in [4.78, 5) is 8.64. The summed E-state index contributed by atoms with van der Waals surface area (Å²) in [6.45, 7) is 6.29. The molecule has 1 atom stereocenters. The van der Waals surface area contributed by atoms with Crippen molar-refractivity contribution in [2.75, 3.05) is 5.73 Å². The van der Waals surface area contributed by atoms with Gasteiger partial charge in [-0.3, -0.25) is 0 Å². The van der Waals surface area contributed by atoms with E-state index in [0.29, 0.717) is 23.5 Å². The highest BCUT2D eigenvalue weighted by molar-refractivity contribution is 5.34. The van der Waals surface area contributed by atoms with Gasteiger partial charge in [0.05, 0.1) is 6.10 Å². The Morgan fingerprint density at radius 3 is 2.56 bits per heavy atom. The summed E-state index contributed by atoms with van der Waals surface area (Å²) in [6, 6.07) is 1.70. The Hall–Kier alpha value is -1.32. The lowest BCUT2D eigenvalue weighted by atomic mass is 10.1. The molecule has 0 radical (unpaired) electrons. The molecule has 4 nitrogen and oxygen atoms in total. The molecule has 1 aliphatic rings. The second-order valence-corrected chi connectivity index (χ2v) is 4.83. The van der Waals surface area contributed by atoms with Crippen LogP contribution in [0.5, 0.6) is 5.88 Å². The SMILES string of the molecule is CC(C)C(C)Oc1cc(N)nc(C2CC2)n1. The van der Waals surface area contributed by atoms with Gasteiger partial charge in [-0.2, -0.15) is 4.98 Å². The molecule has 1 aromatic heterocycles. The highest BCUT2D eigenvalue weighted by atomic mass is 16.5. The molecule has 1 saturated carbocycles. The van der Waals surface area contributed by atoms with Crippen LogP contribution in [0.3, 0.4) is 0 Å². The van der Waals surface area contributed by atoms with Gasteiger partial charge in [0.15, 0.2) is 0 Å². The first kappa shape index (κ1) is 11.2. The zero-order valence-electron chi connectivity index (χ0n) is 10.1. The zero-order chi connectivity index (χ0) is 11.7. The average molecular weight is 221 g/mol. The molecule has 1 fully saturated rings. The molecule has 16 heavy (non-hydrogen) atoms. The van der Waals surface area contributed by atoms with E-state index >= 15 is 0 Å². The van der Waals surface area contributed by atoms with Gasteiger partial charge in [0, 0.05) is 12.0 Å². The van der Waals surface area contributed by atoms with Gasteiger partial charge in [-0.05, 0) is 25.7 Å². The van der Waals surface area contributed by atoms with Crippen LogP contribution in [0.1, 0.15) is 45.4 Å². The van der Waals surface area contributed by atoms with Crippen LogP contribution in [0.25, 0.3) is 0 Å². The third-order valence-electron chi connectivity index (χ3n) is 2.93. The minimum absolute atomic E-state index is 0.140. The van der Waals surface area contributed by atoms with Gasteiger partial charge in [0.2, 0.25) is 5.88 Å². The third-order valence-corrected chi connectivity index (χ3v) is 2.93. The van der Waals surface area contributed by atoms with Crippen molar-refractivity contribution in [1.82, 2.24) is 9.97 Å². The summed E-state index contributed by atoms with van der Waals surface area (Å²) in [5.41, 5.74) is 5.75. The number of hydrogen-bond acceptors (Lipinski definition) is 4. The summed E-state index contributed by atoms with van der Waals surface area (Å²) in [5.74, 6) is 2.91. The normalized spacial score (nSPS) is 17.5. The van der Waals surface area contributed by atoms with Gasteiger partial charge < -0.3 is 10.5 Å². The predicted octanol–water partition coefficient (Wildman–Crippen LogP) is 2.36. The van der Waals surface area contributed by atoms with E-state index in [1.807, 2.05) is 6.92 Å². The molecule has 1 aromatic rings. The van der Waals surface area contributed by atoms with Gasteiger partial charge in [-0.15, -0.1) is 0 Å². The summed E-state index contributed by atoms with van der Waals surface area (Å²) in [7, 11) is 0. The van der Waals surface area contributed by atoms with Crippen LogP contribution in [0.15, 0.2) is 6.07 Å². The minimum Gasteiger partial charge on any atom is -0.474 e. The fourth-order valence-corrected chi connectivity index (χ4v) is 1.37. The topological polar surface area (TPSA) is 61.0 Å². The fourth-order valence-electron chi connectivity index (χ4n) is 1.37. The third kappa shape index (κ3) is 2.62. The molecular formula is C12H19N3O. The Morgan fingerprint density at radius 2 is 2.00 bits per heavy atom. The van der Waals surface area contributed by atoms with Crippen LogP contribution in [0, 0.1) is 5.92 Å². The number of rotatable bonds is 4. The van der Waals surface area contributed by atoms with Gasteiger partial charge >= 0.3 is 0 Å². The van der Waals surface area contributed by atoms with Gasteiger partial charge in [-0.1, -0.05) is 13.8 Å². The van der Waals surface area contributed by atoms with Gasteiger partial charge in [0.25, 0.3) is 0 Å². The molecule has 4 heteroatoms. The van der Waals surface area contributed by atoms with Crippen LogP contribution >= 0.6 is 0 Å². The summed E-state index contributed by atoms with van der Waals surface area (Å²) in [5, 5.41) is 0. The molecule has 2 rings (SSSR count). The predicted molar refractivity (Wildman–Crippen MR) is 63.3 cm³/mol. The fraction of sp³-hybridized carbons (Fsp3) is 0.667. The van der Waals surface area contributed by atoms with Crippen molar-refractivity contribution in [3.8, 4) is 5.88 Å². The standard InChI is InChI=1S/C12H19N3O/c1-7(2)8(3)16-11-6-10(13)14-12(15-11)9-4-5-9/h6-9H,4-5H2,1-3H3,(H2,13,14,15). The largest absolute Gasteiger partial charge is 0.474 e. The second-order valence-electron chi connectivity index (χ2n) is 4.83. The van der Waals surface area contributed by atoms with Crippen LogP contribution in [-0.4, -0.2) is 16.1 Å². The van der Waals surface area contributed by atoms with Crippen molar-refractivity contribution >= 4 is 5.82 Å². The first-order chi connectivity index (χ1) is 7.56. The van der Waals surface area contributed by atoms with E-state index in [0.717, 1.165) is 5.82 Å². The van der Waals surface area contributed by atoms with Crippen molar-refractivity contribution in [3.63, 3.8) is 0 Å². The summed E-state index contributed by atoms with van der Waals surface area (Å²) < 4.78 is 5.74. The van der Waals surface area contributed by atoms with Crippen molar-refractivity contribution in [2.24, 2.45) is 5.92 Å². The molecule has 1 aliphatic carbocycles. The number of nitrogens with zero attached hydrogens (tertiary/aromatic N) is 2. The molecule has 0 aromatic carbocycles. The van der Waals surface area contributed by atoms with Gasteiger partial charge in [0.1, 0.15) is 11.6 Å². The van der Waals surface area contributed by atoms with Crippen LogP contribution in [0.2, 0.25) is 0 Å². The quantitative estimate of drug-likeness (QED) is 0.847. The molecule has 0 aliphatic heterocycles. The van der Waals surface area contributed by atoms with Crippen molar-refractivity contribution in [1.29, 1.82) is 0 Å². The second kappa shape index (κ2) is 4.28. The Bertz CT molecular complexity index is 375. The summed E-state index contributed by atoms with van der Waals surface area (Å²) >= 11 is 0. The van der Waals surface area contributed by atoms with Crippen molar-refractivity contribution < 1.29 is 4.74 Å². The lowest BCUT2D eigenvalue weighted by molar-refractivity contribution is 0.163.